The molecule has 124 valence electrons. The Morgan fingerprint density at radius 3 is 2.43 bits per heavy atom. The van der Waals surface area contributed by atoms with Gasteiger partial charge in [-0.25, -0.2) is 17.5 Å². The molecule has 1 amide bonds. The largest absolute Gasteiger partial charge is 0.311 e. The molecule has 0 radical (unpaired) electrons. The number of hydrogen-bond donors (Lipinski definition) is 1. The van der Waals surface area contributed by atoms with E-state index in [1.54, 1.807) is 0 Å². The number of nitrogens with zero attached hydrogens (tertiary/aromatic N) is 1. The van der Waals surface area contributed by atoms with Gasteiger partial charge in [-0.3, -0.25) is 4.79 Å². The Balaban J connectivity index is 2.02. The van der Waals surface area contributed by atoms with Gasteiger partial charge >= 0.3 is 0 Å². The maximum Gasteiger partial charge on any atom is 0.250 e. The van der Waals surface area contributed by atoms with Crippen LogP contribution in [-0.4, -0.2) is 27.4 Å². The van der Waals surface area contributed by atoms with E-state index in [0.29, 0.717) is 10.0 Å². The third kappa shape index (κ3) is 4.74. The molecule has 0 atom stereocenters. The Morgan fingerprint density at radius 1 is 1.26 bits per heavy atom. The molecular formula is C14H14ClFN2O3S2. The molecular weight excluding hydrogens is 363 g/mol. The molecule has 1 heterocycles. The first-order chi connectivity index (χ1) is 10.8. The van der Waals surface area contributed by atoms with Crippen LogP contribution in [-0.2, 0) is 14.8 Å². The Hall–Kier alpha value is -1.48. The lowest BCUT2D eigenvalue weighted by Crippen LogP contribution is -2.37. The Kier molecular flexibility index (Phi) is 5.74. The van der Waals surface area contributed by atoms with Crippen LogP contribution in [0.15, 0.2) is 40.6 Å². The quantitative estimate of drug-likeness (QED) is 0.843. The van der Waals surface area contributed by atoms with Gasteiger partial charge in [-0.05, 0) is 36.4 Å². The predicted octanol–water partition coefficient (Wildman–Crippen LogP) is 2.87. The van der Waals surface area contributed by atoms with Crippen molar-refractivity contribution in [3.63, 3.8) is 0 Å². The van der Waals surface area contributed by atoms with Crippen LogP contribution < -0.4 is 9.62 Å². The average Bonchev–Trinajstić information content (AvgIpc) is 2.92. The van der Waals surface area contributed by atoms with Crippen molar-refractivity contribution >= 4 is 44.6 Å². The molecule has 0 spiro atoms. The molecule has 0 bridgehead atoms. The van der Waals surface area contributed by atoms with Crippen LogP contribution in [0.5, 0.6) is 0 Å². The lowest BCUT2D eigenvalue weighted by Gasteiger charge is -2.21. The second kappa shape index (κ2) is 7.39. The maximum atomic E-state index is 12.9. The molecule has 9 heteroatoms. The molecule has 0 aliphatic rings. The third-order valence-electron chi connectivity index (χ3n) is 2.96. The number of rotatable bonds is 6. The third-order valence-corrected chi connectivity index (χ3v) is 6.14. The first-order valence-corrected chi connectivity index (χ1v) is 9.26. The summed E-state index contributed by atoms with van der Waals surface area (Å²) in [4.78, 5) is 13.1. The van der Waals surface area contributed by atoms with E-state index in [1.807, 2.05) is 0 Å². The highest BCUT2D eigenvalue weighted by Crippen LogP contribution is 2.25. The average molecular weight is 377 g/mol. The lowest BCUT2D eigenvalue weighted by molar-refractivity contribution is -0.116. The van der Waals surface area contributed by atoms with Gasteiger partial charge in [0.15, 0.2) is 0 Å². The predicted molar refractivity (Wildman–Crippen MR) is 88.9 cm³/mol. The SMILES string of the molecule is CC(=O)N(CCNS(=O)(=O)c1ccc(Cl)s1)c1ccc(F)cc1. The van der Waals surface area contributed by atoms with Gasteiger partial charge in [0.2, 0.25) is 15.9 Å². The van der Waals surface area contributed by atoms with Crippen molar-refractivity contribution < 1.29 is 17.6 Å². The molecule has 0 fully saturated rings. The molecule has 1 aromatic heterocycles. The number of carbonyl (C=O) groups is 1. The smallest absolute Gasteiger partial charge is 0.250 e. The number of hydrogen-bond acceptors (Lipinski definition) is 4. The van der Waals surface area contributed by atoms with Crippen LogP contribution in [0.1, 0.15) is 6.92 Å². The molecule has 23 heavy (non-hydrogen) atoms. The number of sulfonamides is 1. The van der Waals surface area contributed by atoms with Crippen LogP contribution in [0.3, 0.4) is 0 Å². The second-order valence-corrected chi connectivity index (χ2v) is 8.31. The van der Waals surface area contributed by atoms with Gasteiger partial charge in [-0.15, -0.1) is 11.3 Å². The summed E-state index contributed by atoms with van der Waals surface area (Å²) in [5, 5.41) is 0. The monoisotopic (exact) mass is 376 g/mol. The summed E-state index contributed by atoms with van der Waals surface area (Å²) in [6.07, 6.45) is 0. The van der Waals surface area contributed by atoms with Gasteiger partial charge in [0, 0.05) is 25.7 Å². The van der Waals surface area contributed by atoms with Gasteiger partial charge < -0.3 is 4.90 Å². The van der Waals surface area contributed by atoms with Crippen molar-refractivity contribution in [2.24, 2.45) is 0 Å². The summed E-state index contributed by atoms with van der Waals surface area (Å²) >= 11 is 6.68. The Labute approximate surface area is 142 Å². The molecule has 2 aromatic rings. The number of anilines is 1. The van der Waals surface area contributed by atoms with E-state index in [4.69, 9.17) is 11.6 Å². The molecule has 0 aliphatic carbocycles. The van der Waals surface area contributed by atoms with Gasteiger partial charge in [0.25, 0.3) is 0 Å². The van der Waals surface area contributed by atoms with Crippen LogP contribution in [0, 0.1) is 5.82 Å². The zero-order chi connectivity index (χ0) is 17.0. The summed E-state index contributed by atoms with van der Waals surface area (Å²) < 4.78 is 40.0. The first kappa shape index (κ1) is 17.9. The molecule has 1 N–H and O–H groups in total. The van der Waals surface area contributed by atoms with E-state index in [-0.39, 0.29) is 23.2 Å². The summed E-state index contributed by atoms with van der Waals surface area (Å²) in [5.74, 6) is -0.678. The molecule has 5 nitrogen and oxygen atoms in total. The van der Waals surface area contributed by atoms with Crippen molar-refractivity contribution in [3.8, 4) is 0 Å². The van der Waals surface area contributed by atoms with E-state index in [9.17, 15) is 17.6 Å². The number of amides is 1. The van der Waals surface area contributed by atoms with Gasteiger partial charge in [0.05, 0.1) is 4.34 Å². The normalized spacial score (nSPS) is 11.4. The summed E-state index contributed by atoms with van der Waals surface area (Å²) in [6, 6.07) is 8.32. The second-order valence-electron chi connectivity index (χ2n) is 4.60. The summed E-state index contributed by atoms with van der Waals surface area (Å²) in [7, 11) is -3.66. The number of benzene rings is 1. The van der Waals surface area contributed by atoms with Crippen molar-refractivity contribution in [3.05, 3.63) is 46.6 Å². The Bertz CT molecular complexity index is 791. The van der Waals surface area contributed by atoms with E-state index >= 15 is 0 Å². The highest BCUT2D eigenvalue weighted by atomic mass is 35.5. The van der Waals surface area contributed by atoms with Gasteiger partial charge in [-0.1, -0.05) is 11.6 Å². The molecule has 1 aromatic carbocycles. The molecule has 0 saturated heterocycles. The summed E-state index contributed by atoms with van der Waals surface area (Å²) in [6.45, 7) is 1.50. The van der Waals surface area contributed by atoms with Gasteiger partial charge in [0.1, 0.15) is 10.0 Å². The van der Waals surface area contributed by atoms with E-state index in [2.05, 4.69) is 4.72 Å². The lowest BCUT2D eigenvalue weighted by atomic mass is 10.2. The minimum atomic E-state index is -3.66. The minimum absolute atomic E-state index is 0.0226. The minimum Gasteiger partial charge on any atom is -0.311 e. The van der Waals surface area contributed by atoms with Crippen LogP contribution in [0.25, 0.3) is 0 Å². The number of carbonyl (C=O) groups excluding carboxylic acids is 1. The van der Waals surface area contributed by atoms with Crippen LogP contribution in [0.2, 0.25) is 4.34 Å². The number of halogens is 2. The topological polar surface area (TPSA) is 66.5 Å². The molecule has 2 rings (SSSR count). The fourth-order valence-electron chi connectivity index (χ4n) is 1.89. The van der Waals surface area contributed by atoms with Crippen molar-refractivity contribution in [1.82, 2.24) is 4.72 Å². The number of nitrogens with one attached hydrogen (secondary N) is 1. The standard InChI is InChI=1S/C14H14ClFN2O3S2/c1-10(19)18(12-4-2-11(16)3-5-12)9-8-17-23(20,21)14-7-6-13(15)22-14/h2-7,17H,8-9H2,1H3. The van der Waals surface area contributed by atoms with Crippen LogP contribution in [0.4, 0.5) is 10.1 Å². The highest BCUT2D eigenvalue weighted by molar-refractivity contribution is 7.91. The number of thiophene rings is 1. The molecule has 0 aliphatic heterocycles. The fraction of sp³-hybridized carbons (Fsp3) is 0.214. The first-order valence-electron chi connectivity index (χ1n) is 6.58. The fourth-order valence-corrected chi connectivity index (χ4v) is 4.44. The van der Waals surface area contributed by atoms with Crippen molar-refractivity contribution in [2.75, 3.05) is 18.0 Å². The van der Waals surface area contributed by atoms with Gasteiger partial charge in [-0.2, -0.15) is 0 Å². The van der Waals surface area contributed by atoms with E-state index in [0.717, 1.165) is 11.3 Å². The zero-order valence-corrected chi connectivity index (χ0v) is 14.5. The van der Waals surface area contributed by atoms with Crippen molar-refractivity contribution in [2.45, 2.75) is 11.1 Å². The van der Waals surface area contributed by atoms with Crippen molar-refractivity contribution in [1.29, 1.82) is 0 Å². The van der Waals surface area contributed by atoms with Crippen LogP contribution >= 0.6 is 22.9 Å². The van der Waals surface area contributed by atoms with E-state index < -0.39 is 15.8 Å². The molecule has 0 unspecified atom stereocenters. The maximum absolute atomic E-state index is 12.9. The molecule has 0 saturated carbocycles. The highest BCUT2D eigenvalue weighted by Gasteiger charge is 2.18. The Morgan fingerprint density at radius 2 is 1.91 bits per heavy atom. The zero-order valence-electron chi connectivity index (χ0n) is 12.1. The summed E-state index contributed by atoms with van der Waals surface area (Å²) in [5.41, 5.74) is 0.497. The van der Waals surface area contributed by atoms with E-state index in [1.165, 1.54) is 48.2 Å².